The van der Waals surface area contributed by atoms with Crippen LogP contribution in [0.5, 0.6) is 0 Å². The molecule has 4 nitrogen and oxygen atoms in total. The summed E-state index contributed by atoms with van der Waals surface area (Å²) in [6.45, 7) is 2.05. The summed E-state index contributed by atoms with van der Waals surface area (Å²) in [5.41, 5.74) is 4.52. The van der Waals surface area contributed by atoms with Crippen molar-refractivity contribution < 1.29 is 0 Å². The van der Waals surface area contributed by atoms with Crippen molar-refractivity contribution in [3.8, 4) is 0 Å². The van der Waals surface area contributed by atoms with Crippen molar-refractivity contribution in [1.82, 2.24) is 9.97 Å². The van der Waals surface area contributed by atoms with Crippen LogP contribution in [0.15, 0.2) is 29.2 Å². The number of anilines is 2. The number of hydrogen-bond donors (Lipinski definition) is 2. The van der Waals surface area contributed by atoms with Crippen LogP contribution in [-0.4, -0.2) is 9.97 Å². The molecule has 0 saturated heterocycles. The molecule has 1 heterocycles. The van der Waals surface area contributed by atoms with Crippen molar-refractivity contribution in [2.75, 3.05) is 5.32 Å². The first-order chi connectivity index (χ1) is 9.76. The van der Waals surface area contributed by atoms with Crippen molar-refractivity contribution >= 4 is 11.6 Å². The fourth-order valence-electron chi connectivity index (χ4n) is 2.72. The number of hydrogen-bond acceptors (Lipinski definition) is 3. The van der Waals surface area contributed by atoms with E-state index in [0.29, 0.717) is 5.95 Å². The second kappa shape index (κ2) is 5.49. The van der Waals surface area contributed by atoms with Gasteiger partial charge in [-0.05, 0) is 48.9 Å². The lowest BCUT2D eigenvalue weighted by Gasteiger charge is -2.08. The minimum absolute atomic E-state index is 0.0505. The van der Waals surface area contributed by atoms with Crippen LogP contribution in [0.1, 0.15) is 36.5 Å². The summed E-state index contributed by atoms with van der Waals surface area (Å²) in [6.07, 6.45) is 6.93. The van der Waals surface area contributed by atoms with E-state index in [9.17, 15) is 4.79 Å². The van der Waals surface area contributed by atoms with Crippen LogP contribution in [0.4, 0.5) is 11.6 Å². The lowest BCUT2D eigenvalue weighted by molar-refractivity contribution is 0.887. The van der Waals surface area contributed by atoms with E-state index >= 15 is 0 Å². The van der Waals surface area contributed by atoms with E-state index in [0.717, 1.165) is 30.5 Å². The zero-order valence-corrected chi connectivity index (χ0v) is 11.7. The molecule has 0 saturated carbocycles. The fraction of sp³-hybridized carbons (Fsp3) is 0.375. The second-order valence-corrected chi connectivity index (χ2v) is 5.30. The highest BCUT2D eigenvalue weighted by atomic mass is 16.1. The molecule has 0 radical (unpaired) electrons. The van der Waals surface area contributed by atoms with Gasteiger partial charge in [0.05, 0.1) is 0 Å². The van der Waals surface area contributed by atoms with Gasteiger partial charge in [-0.3, -0.25) is 9.78 Å². The van der Waals surface area contributed by atoms with E-state index in [-0.39, 0.29) is 5.56 Å². The maximum atomic E-state index is 11.9. The third-order valence-electron chi connectivity index (χ3n) is 3.75. The largest absolute Gasteiger partial charge is 0.326 e. The molecule has 0 fully saturated rings. The van der Waals surface area contributed by atoms with E-state index in [1.54, 1.807) is 6.20 Å². The lowest BCUT2D eigenvalue weighted by atomic mass is 10.1. The Morgan fingerprint density at radius 3 is 2.95 bits per heavy atom. The number of benzene rings is 1. The minimum Gasteiger partial charge on any atom is -0.326 e. The molecule has 1 aliphatic rings. The van der Waals surface area contributed by atoms with E-state index in [1.807, 2.05) is 6.07 Å². The summed E-state index contributed by atoms with van der Waals surface area (Å²) in [5.74, 6) is 0.507. The van der Waals surface area contributed by atoms with Crippen molar-refractivity contribution in [2.24, 2.45) is 0 Å². The van der Waals surface area contributed by atoms with Crippen molar-refractivity contribution in [1.29, 1.82) is 0 Å². The van der Waals surface area contributed by atoms with Crippen molar-refractivity contribution in [3.63, 3.8) is 0 Å². The van der Waals surface area contributed by atoms with Crippen LogP contribution in [0, 0.1) is 0 Å². The average molecular weight is 269 g/mol. The molecule has 2 aromatic rings. The average Bonchev–Trinajstić information content (AvgIpc) is 2.89. The normalized spacial score (nSPS) is 13.2. The fourth-order valence-corrected chi connectivity index (χ4v) is 2.72. The summed E-state index contributed by atoms with van der Waals surface area (Å²) in [7, 11) is 0. The Morgan fingerprint density at radius 1 is 1.30 bits per heavy atom. The summed E-state index contributed by atoms with van der Waals surface area (Å²) < 4.78 is 0. The van der Waals surface area contributed by atoms with Crippen LogP contribution in [0.2, 0.25) is 0 Å². The van der Waals surface area contributed by atoms with Gasteiger partial charge in [0, 0.05) is 17.4 Å². The molecule has 0 spiro atoms. The number of nitrogens with one attached hydrogen (secondary N) is 2. The first-order valence-corrected chi connectivity index (χ1v) is 7.23. The molecule has 2 N–H and O–H groups in total. The van der Waals surface area contributed by atoms with Gasteiger partial charge < -0.3 is 5.32 Å². The Labute approximate surface area is 118 Å². The summed E-state index contributed by atoms with van der Waals surface area (Å²) >= 11 is 0. The van der Waals surface area contributed by atoms with Gasteiger partial charge in [0.25, 0.3) is 5.56 Å². The van der Waals surface area contributed by atoms with E-state index < -0.39 is 0 Å². The highest BCUT2D eigenvalue weighted by Gasteiger charge is 2.11. The summed E-state index contributed by atoms with van der Waals surface area (Å²) in [5, 5.41) is 3.18. The molecule has 3 rings (SSSR count). The zero-order chi connectivity index (χ0) is 13.9. The maximum Gasteiger partial charge on any atom is 0.255 e. The van der Waals surface area contributed by atoms with Gasteiger partial charge in [0.15, 0.2) is 0 Å². The van der Waals surface area contributed by atoms with Crippen LogP contribution in [0.3, 0.4) is 0 Å². The standard InChI is InChI=1S/C16H19N3O/c1-2-4-13-10-17-16(19-15(13)20)18-14-8-7-11-5-3-6-12(11)9-14/h7-10H,2-6H2,1H3,(H2,17,18,19,20). The number of H-pyrrole nitrogens is 1. The molecule has 0 amide bonds. The molecule has 0 unspecified atom stereocenters. The van der Waals surface area contributed by atoms with Gasteiger partial charge in [-0.1, -0.05) is 19.4 Å². The number of rotatable bonds is 4. The second-order valence-electron chi connectivity index (χ2n) is 5.30. The molecule has 0 bridgehead atoms. The number of nitrogens with zero attached hydrogens (tertiary/aromatic N) is 1. The number of aromatic amines is 1. The van der Waals surface area contributed by atoms with E-state index in [2.05, 4.69) is 34.3 Å². The Balaban J connectivity index is 1.81. The highest BCUT2D eigenvalue weighted by Crippen LogP contribution is 2.25. The monoisotopic (exact) mass is 269 g/mol. The molecule has 1 aromatic heterocycles. The Kier molecular flexibility index (Phi) is 3.54. The highest BCUT2D eigenvalue weighted by molar-refractivity contribution is 5.56. The molecule has 4 heteroatoms. The van der Waals surface area contributed by atoms with Crippen molar-refractivity contribution in [2.45, 2.75) is 39.0 Å². The Morgan fingerprint density at radius 2 is 2.15 bits per heavy atom. The molecule has 0 aliphatic heterocycles. The molecule has 0 atom stereocenters. The first kappa shape index (κ1) is 12.9. The third kappa shape index (κ3) is 2.59. The first-order valence-electron chi connectivity index (χ1n) is 7.23. The minimum atomic E-state index is -0.0505. The number of fused-ring (bicyclic) bond motifs is 1. The van der Waals surface area contributed by atoms with E-state index in [4.69, 9.17) is 0 Å². The molecule has 1 aromatic carbocycles. The molecular formula is C16H19N3O. The van der Waals surface area contributed by atoms with Crippen molar-refractivity contribution in [3.05, 3.63) is 51.4 Å². The number of aromatic nitrogens is 2. The van der Waals surface area contributed by atoms with E-state index in [1.165, 1.54) is 24.0 Å². The zero-order valence-electron chi connectivity index (χ0n) is 11.7. The van der Waals surface area contributed by atoms with Gasteiger partial charge in [0.1, 0.15) is 0 Å². The summed E-state index contributed by atoms with van der Waals surface area (Å²) in [4.78, 5) is 19.0. The Hall–Kier alpha value is -2.10. The molecular weight excluding hydrogens is 250 g/mol. The molecule has 104 valence electrons. The van der Waals surface area contributed by atoms with Crippen LogP contribution < -0.4 is 10.9 Å². The Bertz CT molecular complexity index is 676. The van der Waals surface area contributed by atoms with Gasteiger partial charge in [-0.25, -0.2) is 4.98 Å². The SMILES string of the molecule is CCCc1cnc(Nc2ccc3c(c2)CCC3)[nH]c1=O. The van der Waals surface area contributed by atoms with Gasteiger partial charge in [0.2, 0.25) is 5.95 Å². The van der Waals surface area contributed by atoms with Crippen LogP contribution in [0.25, 0.3) is 0 Å². The molecule has 20 heavy (non-hydrogen) atoms. The van der Waals surface area contributed by atoms with Gasteiger partial charge in [-0.15, -0.1) is 0 Å². The summed E-state index contributed by atoms with van der Waals surface area (Å²) in [6, 6.07) is 6.36. The van der Waals surface area contributed by atoms with Gasteiger partial charge in [-0.2, -0.15) is 0 Å². The quantitative estimate of drug-likeness (QED) is 0.897. The topological polar surface area (TPSA) is 57.8 Å². The predicted octanol–water partition coefficient (Wildman–Crippen LogP) is 2.95. The predicted molar refractivity (Wildman–Crippen MR) is 80.6 cm³/mol. The smallest absolute Gasteiger partial charge is 0.255 e. The maximum absolute atomic E-state index is 11.9. The van der Waals surface area contributed by atoms with Gasteiger partial charge >= 0.3 is 0 Å². The lowest BCUT2D eigenvalue weighted by Crippen LogP contribution is -2.15. The van der Waals surface area contributed by atoms with Crippen LogP contribution in [-0.2, 0) is 19.3 Å². The van der Waals surface area contributed by atoms with Crippen LogP contribution >= 0.6 is 0 Å². The third-order valence-corrected chi connectivity index (χ3v) is 3.75. The number of aryl methyl sites for hydroxylation is 3. The molecule has 1 aliphatic carbocycles.